The lowest BCUT2D eigenvalue weighted by atomic mass is 10.0. The van der Waals surface area contributed by atoms with Gasteiger partial charge in [0.15, 0.2) is 0 Å². The zero-order chi connectivity index (χ0) is 15.7. The lowest BCUT2D eigenvalue weighted by molar-refractivity contribution is -0.117. The molecule has 1 amide bonds. The van der Waals surface area contributed by atoms with Crippen molar-refractivity contribution in [1.82, 2.24) is 4.90 Å². The van der Waals surface area contributed by atoms with Gasteiger partial charge < -0.3 is 5.32 Å². The number of hydrogen-bond acceptors (Lipinski definition) is 3. The number of aryl methyl sites for hydroxylation is 2. The van der Waals surface area contributed by atoms with Gasteiger partial charge in [0.05, 0.1) is 6.54 Å². The van der Waals surface area contributed by atoms with Crippen LogP contribution in [0.1, 0.15) is 34.5 Å². The summed E-state index contributed by atoms with van der Waals surface area (Å²) in [6.07, 6.45) is 1.05. The van der Waals surface area contributed by atoms with Crippen LogP contribution in [0.5, 0.6) is 0 Å². The van der Waals surface area contributed by atoms with Crippen molar-refractivity contribution >= 4 is 22.9 Å². The molecule has 0 saturated carbocycles. The van der Waals surface area contributed by atoms with Gasteiger partial charge in [-0.1, -0.05) is 6.07 Å². The predicted octanol–water partition coefficient (Wildman–Crippen LogP) is 3.92. The second kappa shape index (κ2) is 6.23. The molecule has 1 N–H and O–H groups in total. The van der Waals surface area contributed by atoms with Gasteiger partial charge in [0.1, 0.15) is 0 Å². The Morgan fingerprint density at radius 3 is 2.91 bits per heavy atom. The van der Waals surface area contributed by atoms with Crippen molar-refractivity contribution in [2.75, 3.05) is 18.4 Å². The van der Waals surface area contributed by atoms with Gasteiger partial charge in [0.25, 0.3) is 0 Å². The monoisotopic (exact) mass is 314 g/mol. The summed E-state index contributed by atoms with van der Waals surface area (Å²) in [5.74, 6) is 0.0637. The summed E-state index contributed by atoms with van der Waals surface area (Å²) in [6.45, 7) is 7.73. The summed E-state index contributed by atoms with van der Waals surface area (Å²) in [4.78, 5) is 16.0. The van der Waals surface area contributed by atoms with Crippen molar-refractivity contribution in [2.24, 2.45) is 0 Å². The Bertz CT molecular complexity index is 692. The number of benzene rings is 1. The molecule has 2 heterocycles. The highest BCUT2D eigenvalue weighted by molar-refractivity contribution is 7.10. The molecule has 1 aliphatic rings. The fourth-order valence-electron chi connectivity index (χ4n) is 2.98. The minimum atomic E-state index is 0.0637. The average molecular weight is 314 g/mol. The molecule has 1 aliphatic heterocycles. The molecule has 0 bridgehead atoms. The first kappa shape index (κ1) is 15.3. The van der Waals surface area contributed by atoms with E-state index in [9.17, 15) is 4.79 Å². The number of nitrogens with one attached hydrogen (secondary N) is 1. The van der Waals surface area contributed by atoms with Crippen LogP contribution in [0.4, 0.5) is 5.69 Å². The summed E-state index contributed by atoms with van der Waals surface area (Å²) in [5.41, 5.74) is 4.71. The molecule has 0 unspecified atom stereocenters. The van der Waals surface area contributed by atoms with Gasteiger partial charge in [0, 0.05) is 23.2 Å². The highest BCUT2D eigenvalue weighted by Crippen LogP contribution is 2.32. The molecule has 4 heteroatoms. The Hall–Kier alpha value is -1.65. The van der Waals surface area contributed by atoms with Crippen molar-refractivity contribution in [3.8, 4) is 0 Å². The molecule has 0 fully saturated rings. The van der Waals surface area contributed by atoms with Crippen LogP contribution in [-0.2, 0) is 11.2 Å². The lowest BCUT2D eigenvalue weighted by Gasteiger charge is -2.32. The molecule has 3 nitrogen and oxygen atoms in total. The first-order chi connectivity index (χ1) is 10.5. The number of amides is 1. The molecule has 0 radical (unpaired) electrons. The van der Waals surface area contributed by atoms with Crippen molar-refractivity contribution in [2.45, 2.75) is 33.2 Å². The van der Waals surface area contributed by atoms with E-state index in [4.69, 9.17) is 0 Å². The Morgan fingerprint density at radius 1 is 1.32 bits per heavy atom. The molecule has 3 rings (SSSR count). The zero-order valence-electron chi connectivity index (χ0n) is 13.3. The number of nitrogens with zero attached hydrogens (tertiary/aromatic N) is 1. The highest BCUT2D eigenvalue weighted by Gasteiger charge is 2.26. The topological polar surface area (TPSA) is 32.3 Å². The van der Waals surface area contributed by atoms with Crippen LogP contribution in [0, 0.1) is 13.8 Å². The average Bonchev–Trinajstić information content (AvgIpc) is 2.95. The molecule has 1 aromatic heterocycles. The van der Waals surface area contributed by atoms with Crippen LogP contribution in [-0.4, -0.2) is 23.9 Å². The van der Waals surface area contributed by atoms with Crippen LogP contribution >= 0.6 is 11.3 Å². The second-order valence-corrected chi connectivity index (χ2v) is 7.04. The maximum Gasteiger partial charge on any atom is 0.238 e. The molecule has 2 aromatic rings. The second-order valence-electron chi connectivity index (χ2n) is 6.04. The third kappa shape index (κ3) is 3.08. The van der Waals surface area contributed by atoms with Crippen molar-refractivity contribution < 1.29 is 4.79 Å². The Labute approximate surface area is 136 Å². The van der Waals surface area contributed by atoms with Crippen LogP contribution < -0.4 is 5.32 Å². The van der Waals surface area contributed by atoms with E-state index in [1.165, 1.54) is 21.6 Å². The molecule has 0 saturated heterocycles. The smallest absolute Gasteiger partial charge is 0.238 e. The summed E-state index contributed by atoms with van der Waals surface area (Å²) < 4.78 is 0. The Kier molecular flexibility index (Phi) is 4.32. The molecular formula is C18H22N2OS. The highest BCUT2D eigenvalue weighted by atomic mass is 32.1. The van der Waals surface area contributed by atoms with Gasteiger partial charge >= 0.3 is 0 Å². The number of hydrogen-bond donors (Lipinski definition) is 1. The largest absolute Gasteiger partial charge is 0.325 e. The third-order valence-corrected chi connectivity index (χ3v) is 5.54. The van der Waals surface area contributed by atoms with E-state index in [0.717, 1.165) is 18.7 Å². The van der Waals surface area contributed by atoms with Crippen molar-refractivity contribution in [3.05, 3.63) is 51.2 Å². The number of anilines is 1. The first-order valence-electron chi connectivity index (χ1n) is 7.72. The number of carbonyl (C=O) groups is 1. The van der Waals surface area contributed by atoms with Crippen LogP contribution in [0.2, 0.25) is 0 Å². The van der Waals surface area contributed by atoms with Gasteiger partial charge in [-0.15, -0.1) is 11.3 Å². The number of thiophene rings is 1. The van der Waals surface area contributed by atoms with Crippen LogP contribution in [0.3, 0.4) is 0 Å². The van der Waals surface area contributed by atoms with E-state index in [-0.39, 0.29) is 5.91 Å². The SMILES string of the molecule is Cc1ccc(NC(=O)CN2CCc3sccc3[C@H]2C)cc1C. The quantitative estimate of drug-likeness (QED) is 0.931. The maximum atomic E-state index is 12.3. The number of fused-ring (bicyclic) bond motifs is 1. The minimum absolute atomic E-state index is 0.0637. The lowest BCUT2D eigenvalue weighted by Crippen LogP contribution is -2.39. The van der Waals surface area contributed by atoms with Crippen molar-refractivity contribution in [1.29, 1.82) is 0 Å². The predicted molar refractivity (Wildman–Crippen MR) is 92.6 cm³/mol. The number of carbonyl (C=O) groups excluding carboxylic acids is 1. The van der Waals surface area contributed by atoms with E-state index >= 15 is 0 Å². The number of rotatable bonds is 3. The zero-order valence-corrected chi connectivity index (χ0v) is 14.2. The summed E-state index contributed by atoms with van der Waals surface area (Å²) in [7, 11) is 0. The molecule has 116 valence electrons. The van der Waals surface area contributed by atoms with Gasteiger partial charge in [-0.2, -0.15) is 0 Å². The summed E-state index contributed by atoms with van der Waals surface area (Å²) in [6, 6.07) is 8.56. The van der Waals surface area contributed by atoms with E-state index in [1.54, 1.807) is 0 Å². The fourth-order valence-corrected chi connectivity index (χ4v) is 3.94. The molecule has 0 aliphatic carbocycles. The Balaban J connectivity index is 1.64. The maximum absolute atomic E-state index is 12.3. The fraction of sp³-hybridized carbons (Fsp3) is 0.389. The minimum Gasteiger partial charge on any atom is -0.325 e. The van der Waals surface area contributed by atoms with Crippen molar-refractivity contribution in [3.63, 3.8) is 0 Å². The Morgan fingerprint density at radius 2 is 2.14 bits per heavy atom. The summed E-state index contributed by atoms with van der Waals surface area (Å²) >= 11 is 1.83. The van der Waals surface area contributed by atoms with E-state index in [0.29, 0.717) is 12.6 Å². The van der Waals surface area contributed by atoms with Gasteiger partial charge in [-0.05, 0) is 67.5 Å². The van der Waals surface area contributed by atoms with Crippen LogP contribution in [0.15, 0.2) is 29.6 Å². The standard InChI is InChI=1S/C18H22N2OS/c1-12-4-5-15(10-13(12)2)19-18(21)11-20-8-6-17-16(14(20)3)7-9-22-17/h4-5,7,9-10,14H,6,8,11H2,1-3H3,(H,19,21)/t14-/m1/s1. The van der Waals surface area contributed by atoms with Crippen LogP contribution in [0.25, 0.3) is 0 Å². The molecular weight excluding hydrogens is 292 g/mol. The van der Waals surface area contributed by atoms with Gasteiger partial charge in [-0.3, -0.25) is 9.69 Å². The molecule has 1 atom stereocenters. The molecule has 22 heavy (non-hydrogen) atoms. The molecule has 1 aromatic carbocycles. The third-order valence-electron chi connectivity index (χ3n) is 4.54. The van der Waals surface area contributed by atoms with E-state index < -0.39 is 0 Å². The first-order valence-corrected chi connectivity index (χ1v) is 8.60. The van der Waals surface area contributed by atoms with Gasteiger partial charge in [-0.25, -0.2) is 0 Å². The van der Waals surface area contributed by atoms with E-state index in [2.05, 4.69) is 42.4 Å². The molecule has 0 spiro atoms. The normalized spacial score (nSPS) is 18.0. The van der Waals surface area contributed by atoms with E-state index in [1.807, 2.05) is 29.5 Å². The summed E-state index contributed by atoms with van der Waals surface area (Å²) in [5, 5.41) is 5.17. The van der Waals surface area contributed by atoms with Gasteiger partial charge in [0.2, 0.25) is 5.91 Å².